The minimum Gasteiger partial charge on any atom is -0.495 e. The topological polar surface area (TPSA) is 110 Å². The van der Waals surface area contributed by atoms with Gasteiger partial charge in [0.25, 0.3) is 0 Å². The van der Waals surface area contributed by atoms with E-state index in [0.717, 1.165) is 12.5 Å². The number of methoxy groups -OCH3 is 1. The fourth-order valence-corrected chi connectivity index (χ4v) is 5.04. The van der Waals surface area contributed by atoms with Crippen LogP contribution < -0.4 is 13.8 Å². The summed E-state index contributed by atoms with van der Waals surface area (Å²) >= 11 is 0. The number of hydrogen-bond acceptors (Lipinski definition) is 6. The van der Waals surface area contributed by atoms with E-state index in [1.165, 1.54) is 19.2 Å². The summed E-state index contributed by atoms with van der Waals surface area (Å²) in [4.78, 5) is 11.7. The molecule has 8 nitrogen and oxygen atoms in total. The van der Waals surface area contributed by atoms with Crippen molar-refractivity contribution in [3.8, 4) is 5.75 Å². The molecule has 2 rings (SSSR count). The molecule has 10 heteroatoms. The van der Waals surface area contributed by atoms with Crippen LogP contribution in [0, 0.1) is 0 Å². The number of nitrogens with zero attached hydrogens (tertiary/aromatic N) is 1. The van der Waals surface area contributed by atoms with Gasteiger partial charge in [-0.05, 0) is 24.6 Å². The number of sulfonamides is 2. The Morgan fingerprint density at radius 1 is 1.33 bits per heavy atom. The highest BCUT2D eigenvalue weighted by Crippen LogP contribution is 2.32. The highest BCUT2D eigenvalue weighted by atomic mass is 32.2. The van der Waals surface area contributed by atoms with Gasteiger partial charge in [-0.15, -0.1) is 0 Å². The second kappa shape index (κ2) is 7.08. The lowest BCUT2D eigenvalue weighted by Gasteiger charge is -2.18. The summed E-state index contributed by atoms with van der Waals surface area (Å²) in [5, 5.41) is 0. The minimum absolute atomic E-state index is 0.00540. The van der Waals surface area contributed by atoms with Crippen molar-refractivity contribution < 1.29 is 26.4 Å². The number of carbonyl (C=O) groups excluding carboxylic acids is 1. The monoisotopic (exact) mass is 376 g/mol. The average molecular weight is 376 g/mol. The molecule has 0 atom stereocenters. The molecule has 0 saturated carbocycles. The Balaban J connectivity index is 2.47. The molecule has 0 bridgehead atoms. The van der Waals surface area contributed by atoms with Gasteiger partial charge in [0.15, 0.2) is 0 Å². The zero-order valence-corrected chi connectivity index (χ0v) is 15.1. The molecule has 1 aliphatic rings. The van der Waals surface area contributed by atoms with Gasteiger partial charge in [0, 0.05) is 13.0 Å². The number of nitrogens with one attached hydrogen (secondary N) is 1. The van der Waals surface area contributed by atoms with Crippen LogP contribution >= 0.6 is 0 Å². The van der Waals surface area contributed by atoms with Crippen LogP contribution in [-0.2, 0) is 24.8 Å². The van der Waals surface area contributed by atoms with Crippen LogP contribution in [-0.4, -0.2) is 42.2 Å². The first kappa shape index (κ1) is 18.7. The summed E-state index contributed by atoms with van der Waals surface area (Å²) in [7, 11) is -6.34. The molecule has 0 spiro atoms. The first-order valence-electron chi connectivity index (χ1n) is 7.46. The summed E-state index contributed by atoms with van der Waals surface area (Å²) in [6.07, 6.45) is 1.37. The van der Waals surface area contributed by atoms with Crippen molar-refractivity contribution >= 4 is 31.6 Å². The summed E-state index contributed by atoms with van der Waals surface area (Å²) in [5.41, 5.74) is -0.00540. The van der Waals surface area contributed by atoms with Crippen LogP contribution in [0.15, 0.2) is 23.1 Å². The van der Waals surface area contributed by atoms with E-state index in [1.807, 2.05) is 6.92 Å². The molecular weight excluding hydrogens is 356 g/mol. The smallest absolute Gasteiger partial charge is 0.244 e. The van der Waals surface area contributed by atoms with Gasteiger partial charge >= 0.3 is 0 Å². The third kappa shape index (κ3) is 3.70. The number of ether oxygens (including phenoxy) is 1. The van der Waals surface area contributed by atoms with Crippen molar-refractivity contribution in [3.63, 3.8) is 0 Å². The van der Waals surface area contributed by atoms with Crippen LogP contribution in [0.3, 0.4) is 0 Å². The molecule has 1 amide bonds. The zero-order chi connectivity index (χ0) is 18.0. The molecule has 0 aromatic heterocycles. The normalized spacial score (nSPS) is 17.2. The molecule has 1 saturated heterocycles. The highest BCUT2D eigenvalue weighted by Gasteiger charge is 2.37. The largest absolute Gasteiger partial charge is 0.495 e. The maximum absolute atomic E-state index is 12.5. The molecule has 1 aromatic rings. The fourth-order valence-electron chi connectivity index (χ4n) is 2.33. The lowest BCUT2D eigenvalue weighted by Crippen LogP contribution is -2.30. The number of carbonyl (C=O) groups is 1. The van der Waals surface area contributed by atoms with Crippen LogP contribution in [0.25, 0.3) is 0 Å². The Labute approximate surface area is 141 Å². The number of anilines is 1. The van der Waals surface area contributed by atoms with Crippen molar-refractivity contribution in [1.29, 1.82) is 0 Å². The molecule has 134 valence electrons. The second-order valence-electron chi connectivity index (χ2n) is 5.31. The van der Waals surface area contributed by atoms with E-state index < -0.39 is 26.0 Å². The summed E-state index contributed by atoms with van der Waals surface area (Å²) in [5.74, 6) is -0.788. The quantitative estimate of drug-likeness (QED) is 0.706. The van der Waals surface area contributed by atoms with Gasteiger partial charge < -0.3 is 4.74 Å². The molecule has 1 aliphatic heterocycles. The Morgan fingerprint density at radius 3 is 2.58 bits per heavy atom. The van der Waals surface area contributed by atoms with E-state index in [2.05, 4.69) is 4.72 Å². The third-order valence-corrected chi connectivity index (χ3v) is 6.75. The summed E-state index contributed by atoms with van der Waals surface area (Å²) in [6, 6.07) is 3.84. The van der Waals surface area contributed by atoms with Crippen molar-refractivity contribution in [1.82, 2.24) is 4.72 Å². The number of unbranched alkanes of at least 4 members (excludes halogenated alkanes) is 1. The van der Waals surface area contributed by atoms with E-state index in [4.69, 9.17) is 4.74 Å². The van der Waals surface area contributed by atoms with Crippen LogP contribution in [0.1, 0.15) is 26.2 Å². The second-order valence-corrected chi connectivity index (χ2v) is 8.98. The van der Waals surface area contributed by atoms with E-state index in [9.17, 15) is 21.6 Å². The van der Waals surface area contributed by atoms with E-state index in [0.29, 0.717) is 10.7 Å². The SMILES string of the molecule is CCCCNS(=O)(=O)c1cc(N2C(=O)CCS2(=O)=O)ccc1OC. The Bertz CT molecular complexity index is 833. The van der Waals surface area contributed by atoms with Crippen LogP contribution in [0.2, 0.25) is 0 Å². The standard InChI is InChI=1S/C14H20N2O6S2/c1-3-4-8-15-24(20,21)13-10-11(5-6-12(13)22-2)16-14(17)7-9-23(16,18)19/h5-6,10,15H,3-4,7-9H2,1-2H3. The van der Waals surface area contributed by atoms with Gasteiger partial charge in [-0.3, -0.25) is 4.79 Å². The van der Waals surface area contributed by atoms with Crippen LogP contribution in [0.5, 0.6) is 5.75 Å². The van der Waals surface area contributed by atoms with E-state index in [-0.39, 0.29) is 35.1 Å². The van der Waals surface area contributed by atoms with Gasteiger partial charge in [-0.25, -0.2) is 25.9 Å². The van der Waals surface area contributed by atoms with Crippen molar-refractivity contribution in [3.05, 3.63) is 18.2 Å². The maximum atomic E-state index is 12.5. The molecule has 1 aromatic carbocycles. The number of amides is 1. The molecule has 24 heavy (non-hydrogen) atoms. The molecule has 1 fully saturated rings. The zero-order valence-electron chi connectivity index (χ0n) is 13.5. The van der Waals surface area contributed by atoms with Gasteiger partial charge in [-0.2, -0.15) is 0 Å². The molecule has 1 heterocycles. The van der Waals surface area contributed by atoms with E-state index in [1.54, 1.807) is 0 Å². The third-order valence-electron chi connectivity index (χ3n) is 3.57. The number of rotatable bonds is 7. The predicted octanol–water partition coefficient (Wildman–Crippen LogP) is 0.840. The first-order valence-corrected chi connectivity index (χ1v) is 10.6. The van der Waals surface area contributed by atoms with E-state index >= 15 is 0 Å². The molecule has 0 unspecified atom stereocenters. The number of hydrogen-bond donors (Lipinski definition) is 1. The van der Waals surface area contributed by atoms with Crippen molar-refractivity contribution in [2.24, 2.45) is 0 Å². The number of benzene rings is 1. The average Bonchev–Trinajstić information content (AvgIpc) is 2.80. The highest BCUT2D eigenvalue weighted by molar-refractivity contribution is 7.94. The van der Waals surface area contributed by atoms with Gasteiger partial charge in [0.05, 0.1) is 18.6 Å². The lowest BCUT2D eigenvalue weighted by molar-refractivity contribution is -0.116. The lowest BCUT2D eigenvalue weighted by atomic mass is 10.3. The molecule has 0 aliphatic carbocycles. The maximum Gasteiger partial charge on any atom is 0.244 e. The van der Waals surface area contributed by atoms with Gasteiger partial charge in [0.1, 0.15) is 10.6 Å². The predicted molar refractivity (Wildman–Crippen MR) is 89.0 cm³/mol. The van der Waals surface area contributed by atoms with Gasteiger partial charge in [-0.1, -0.05) is 13.3 Å². The Kier molecular flexibility index (Phi) is 5.51. The fraction of sp³-hybridized carbons (Fsp3) is 0.500. The van der Waals surface area contributed by atoms with Crippen molar-refractivity contribution in [2.75, 3.05) is 23.7 Å². The molecule has 0 radical (unpaired) electrons. The summed E-state index contributed by atoms with van der Waals surface area (Å²) in [6.45, 7) is 2.19. The van der Waals surface area contributed by atoms with Gasteiger partial charge in [0.2, 0.25) is 26.0 Å². The Hall–Kier alpha value is -1.65. The molecule has 1 N–H and O–H groups in total. The van der Waals surface area contributed by atoms with Crippen molar-refractivity contribution in [2.45, 2.75) is 31.1 Å². The Morgan fingerprint density at radius 2 is 2.04 bits per heavy atom. The summed E-state index contributed by atoms with van der Waals surface area (Å²) < 4.78 is 57.1. The first-order chi connectivity index (χ1) is 11.2. The van der Waals surface area contributed by atoms with Crippen LogP contribution in [0.4, 0.5) is 5.69 Å². The minimum atomic E-state index is -3.89. The molecular formula is C14H20N2O6S2.